The summed E-state index contributed by atoms with van der Waals surface area (Å²) in [7, 11) is 0. The van der Waals surface area contributed by atoms with Crippen molar-refractivity contribution in [1.29, 1.82) is 0 Å². The zero-order valence-electron chi connectivity index (χ0n) is 13.5. The highest BCUT2D eigenvalue weighted by molar-refractivity contribution is 5.88. The van der Waals surface area contributed by atoms with Crippen molar-refractivity contribution in [3.63, 3.8) is 0 Å². The van der Waals surface area contributed by atoms with Gasteiger partial charge in [0.15, 0.2) is 0 Å². The summed E-state index contributed by atoms with van der Waals surface area (Å²) in [6.07, 6.45) is 2.31. The van der Waals surface area contributed by atoms with Gasteiger partial charge in [0.05, 0.1) is 6.54 Å². The molecule has 1 saturated heterocycles. The lowest BCUT2D eigenvalue weighted by Crippen LogP contribution is -2.50. The van der Waals surface area contributed by atoms with Crippen LogP contribution in [0.2, 0.25) is 0 Å². The lowest BCUT2D eigenvalue weighted by molar-refractivity contribution is 0.0879. The molecule has 0 unspecified atom stereocenters. The van der Waals surface area contributed by atoms with Gasteiger partial charge < -0.3 is 10.3 Å². The number of aromatic nitrogens is 2. The summed E-state index contributed by atoms with van der Waals surface area (Å²) >= 11 is 0. The molecule has 1 aromatic heterocycles. The number of hydrogen-bond acceptors (Lipinski definition) is 6. The number of nitrogens with zero attached hydrogens (tertiary/aromatic N) is 4. The molecule has 0 saturated carbocycles. The van der Waals surface area contributed by atoms with Gasteiger partial charge >= 0.3 is 0 Å². The van der Waals surface area contributed by atoms with Gasteiger partial charge in [-0.3, -0.25) is 14.6 Å². The zero-order chi connectivity index (χ0) is 16.5. The molecule has 126 valence electrons. The number of rotatable bonds is 4. The van der Waals surface area contributed by atoms with Gasteiger partial charge in [-0.05, 0) is 24.0 Å². The van der Waals surface area contributed by atoms with Crippen LogP contribution in [0.1, 0.15) is 27.6 Å². The molecular weight excluding hydrogens is 306 g/mol. The van der Waals surface area contributed by atoms with Crippen LogP contribution in [0.5, 0.6) is 0 Å². The standard InChI is InChI=1S/C17H21N5O2/c18-16(23)17-19-15(24-20-17)11-21-5-7-22(8-6-21)14-9-12-3-1-2-4-13(12)10-14/h1-4,14H,5-11H2,(H2,18,23). The van der Waals surface area contributed by atoms with Crippen LogP contribution in [0.15, 0.2) is 28.8 Å². The summed E-state index contributed by atoms with van der Waals surface area (Å²) in [5.41, 5.74) is 8.13. The molecule has 2 N–H and O–H groups in total. The second kappa shape index (κ2) is 6.33. The van der Waals surface area contributed by atoms with Crippen LogP contribution < -0.4 is 5.73 Å². The molecule has 0 spiro atoms. The number of benzene rings is 1. The second-order valence-corrected chi connectivity index (χ2v) is 6.52. The number of carbonyl (C=O) groups is 1. The van der Waals surface area contributed by atoms with E-state index in [1.54, 1.807) is 0 Å². The Hall–Kier alpha value is -2.25. The summed E-state index contributed by atoms with van der Waals surface area (Å²) < 4.78 is 5.08. The number of amides is 1. The molecule has 24 heavy (non-hydrogen) atoms. The van der Waals surface area contributed by atoms with Crippen molar-refractivity contribution in [2.45, 2.75) is 25.4 Å². The minimum Gasteiger partial charge on any atom is -0.363 e. The Morgan fingerprint density at radius 2 is 1.83 bits per heavy atom. The third-order valence-corrected chi connectivity index (χ3v) is 5.00. The van der Waals surface area contributed by atoms with E-state index in [9.17, 15) is 4.79 Å². The molecule has 2 aliphatic rings. The molecule has 1 amide bonds. The van der Waals surface area contributed by atoms with Crippen LogP contribution in [0.3, 0.4) is 0 Å². The maximum Gasteiger partial charge on any atom is 0.290 e. The van der Waals surface area contributed by atoms with Crippen LogP contribution in [-0.4, -0.2) is 58.1 Å². The molecule has 2 aromatic rings. The fourth-order valence-electron chi connectivity index (χ4n) is 3.69. The van der Waals surface area contributed by atoms with Gasteiger partial charge in [-0.1, -0.05) is 29.4 Å². The van der Waals surface area contributed by atoms with Crippen LogP contribution in [0.25, 0.3) is 0 Å². The van der Waals surface area contributed by atoms with Crippen LogP contribution in [-0.2, 0) is 19.4 Å². The maximum absolute atomic E-state index is 11.0. The van der Waals surface area contributed by atoms with E-state index in [1.807, 2.05) is 0 Å². The van der Waals surface area contributed by atoms with Crippen LogP contribution in [0.4, 0.5) is 0 Å². The van der Waals surface area contributed by atoms with Crippen molar-refractivity contribution >= 4 is 5.91 Å². The number of fused-ring (bicyclic) bond motifs is 1. The van der Waals surface area contributed by atoms with E-state index >= 15 is 0 Å². The Labute approximate surface area is 140 Å². The Bertz CT molecular complexity index is 711. The van der Waals surface area contributed by atoms with Crippen molar-refractivity contribution < 1.29 is 9.32 Å². The van der Waals surface area contributed by atoms with E-state index in [0.29, 0.717) is 18.5 Å². The predicted molar refractivity (Wildman–Crippen MR) is 87.3 cm³/mol. The van der Waals surface area contributed by atoms with Crippen molar-refractivity contribution in [1.82, 2.24) is 19.9 Å². The first-order chi connectivity index (χ1) is 11.7. The molecule has 1 aliphatic carbocycles. The second-order valence-electron chi connectivity index (χ2n) is 6.52. The Morgan fingerprint density at radius 1 is 1.17 bits per heavy atom. The minimum absolute atomic E-state index is 0.0487. The SMILES string of the molecule is NC(=O)c1noc(CN2CCN(C3Cc4ccccc4C3)CC2)n1. The van der Waals surface area contributed by atoms with Gasteiger partial charge in [0.2, 0.25) is 5.89 Å². The zero-order valence-corrected chi connectivity index (χ0v) is 13.5. The lowest BCUT2D eigenvalue weighted by Gasteiger charge is -2.37. The van der Waals surface area contributed by atoms with Crippen LogP contribution >= 0.6 is 0 Å². The molecule has 4 rings (SSSR count). The molecule has 7 heteroatoms. The van der Waals surface area contributed by atoms with Crippen molar-refractivity contribution in [2.24, 2.45) is 5.73 Å². The largest absolute Gasteiger partial charge is 0.363 e. The maximum atomic E-state index is 11.0. The smallest absolute Gasteiger partial charge is 0.290 e. The fourth-order valence-corrected chi connectivity index (χ4v) is 3.69. The quantitative estimate of drug-likeness (QED) is 0.877. The number of piperazine rings is 1. The third-order valence-electron chi connectivity index (χ3n) is 5.00. The van der Waals surface area contributed by atoms with E-state index in [2.05, 4.69) is 44.2 Å². The van der Waals surface area contributed by atoms with E-state index in [0.717, 1.165) is 39.0 Å². The number of carbonyl (C=O) groups excluding carboxylic acids is 1. The van der Waals surface area contributed by atoms with Gasteiger partial charge in [-0.25, -0.2) is 0 Å². The summed E-state index contributed by atoms with van der Waals surface area (Å²) in [5.74, 6) is -0.256. The molecule has 2 heterocycles. The van der Waals surface area contributed by atoms with E-state index in [1.165, 1.54) is 11.1 Å². The Morgan fingerprint density at radius 3 is 2.42 bits per heavy atom. The fraction of sp³-hybridized carbons (Fsp3) is 0.471. The molecule has 1 aliphatic heterocycles. The summed E-state index contributed by atoms with van der Waals surface area (Å²) in [6, 6.07) is 9.37. The lowest BCUT2D eigenvalue weighted by atomic mass is 10.1. The first-order valence-corrected chi connectivity index (χ1v) is 8.34. The number of nitrogens with two attached hydrogens (primary N) is 1. The highest BCUT2D eigenvalue weighted by Crippen LogP contribution is 2.26. The number of primary amides is 1. The number of hydrogen-bond donors (Lipinski definition) is 1. The first-order valence-electron chi connectivity index (χ1n) is 8.34. The first kappa shape index (κ1) is 15.3. The molecule has 0 atom stereocenters. The van der Waals surface area contributed by atoms with Crippen molar-refractivity contribution in [3.8, 4) is 0 Å². The highest BCUT2D eigenvalue weighted by Gasteiger charge is 2.29. The monoisotopic (exact) mass is 327 g/mol. The van der Waals surface area contributed by atoms with Crippen molar-refractivity contribution in [3.05, 3.63) is 47.1 Å². The average Bonchev–Trinajstić information content (AvgIpc) is 3.22. The topological polar surface area (TPSA) is 88.5 Å². The van der Waals surface area contributed by atoms with Gasteiger partial charge in [0.25, 0.3) is 11.7 Å². The van der Waals surface area contributed by atoms with E-state index in [-0.39, 0.29) is 5.82 Å². The van der Waals surface area contributed by atoms with Gasteiger partial charge in [-0.2, -0.15) is 4.98 Å². The van der Waals surface area contributed by atoms with E-state index < -0.39 is 5.91 Å². The molecule has 0 bridgehead atoms. The molecule has 0 radical (unpaired) electrons. The Balaban J connectivity index is 1.30. The van der Waals surface area contributed by atoms with E-state index in [4.69, 9.17) is 10.3 Å². The molecule has 1 fully saturated rings. The predicted octanol–water partition coefficient (Wildman–Crippen LogP) is 0.453. The third kappa shape index (κ3) is 3.05. The van der Waals surface area contributed by atoms with Gasteiger partial charge in [-0.15, -0.1) is 0 Å². The van der Waals surface area contributed by atoms with Gasteiger partial charge in [0, 0.05) is 32.2 Å². The van der Waals surface area contributed by atoms with Crippen LogP contribution in [0, 0.1) is 0 Å². The Kier molecular flexibility index (Phi) is 4.03. The molecule has 7 nitrogen and oxygen atoms in total. The summed E-state index contributed by atoms with van der Waals surface area (Å²) in [6.45, 7) is 4.56. The summed E-state index contributed by atoms with van der Waals surface area (Å²) in [4.78, 5) is 19.9. The summed E-state index contributed by atoms with van der Waals surface area (Å²) in [5, 5.41) is 3.58. The normalized spacial score (nSPS) is 19.5. The highest BCUT2D eigenvalue weighted by atomic mass is 16.5. The molecular formula is C17H21N5O2. The average molecular weight is 327 g/mol. The van der Waals surface area contributed by atoms with Gasteiger partial charge in [0.1, 0.15) is 0 Å². The minimum atomic E-state index is -0.657. The molecule has 1 aromatic carbocycles. The van der Waals surface area contributed by atoms with Crippen molar-refractivity contribution in [2.75, 3.05) is 26.2 Å².